The van der Waals surface area contributed by atoms with Crippen LogP contribution in [0.1, 0.15) is 101 Å². The summed E-state index contributed by atoms with van der Waals surface area (Å²) in [5, 5.41) is 13.3. The Hall–Kier alpha value is -0.120. The summed E-state index contributed by atoms with van der Waals surface area (Å²) in [5.74, 6) is 0. The fraction of sp³-hybridized carbons (Fsp3) is 1.00. The van der Waals surface area contributed by atoms with Crippen LogP contribution in [0.25, 0.3) is 0 Å². The molecule has 2 atom stereocenters. The van der Waals surface area contributed by atoms with Crippen molar-refractivity contribution >= 4 is 0 Å². The van der Waals surface area contributed by atoms with Gasteiger partial charge in [0.25, 0.3) is 0 Å². The second-order valence-corrected chi connectivity index (χ2v) is 6.49. The topological polar surface area (TPSA) is 41.5 Å². The van der Waals surface area contributed by atoms with Crippen molar-refractivity contribution in [2.45, 2.75) is 119 Å². The number of aliphatic hydroxyl groups is 1. The van der Waals surface area contributed by atoms with Gasteiger partial charge in [0.1, 0.15) is 0 Å². The van der Waals surface area contributed by atoms with Crippen LogP contribution >= 0.6 is 0 Å². The fourth-order valence-electron chi connectivity index (χ4n) is 1.66. The van der Waals surface area contributed by atoms with Crippen molar-refractivity contribution in [1.82, 2.24) is 5.32 Å². The maximum absolute atomic E-state index is 9.89. The Labute approximate surface area is 147 Å². The third-order valence-electron chi connectivity index (χ3n) is 3.56. The van der Waals surface area contributed by atoms with Gasteiger partial charge in [-0.05, 0) is 33.1 Å². The molecule has 144 valence electrons. The van der Waals surface area contributed by atoms with Crippen molar-refractivity contribution in [3.63, 3.8) is 0 Å². The molecule has 3 heteroatoms. The van der Waals surface area contributed by atoms with E-state index < -0.39 is 6.10 Å². The maximum atomic E-state index is 9.89. The zero-order valence-corrected chi connectivity index (χ0v) is 17.7. The van der Waals surface area contributed by atoms with Crippen LogP contribution in [0.15, 0.2) is 0 Å². The summed E-state index contributed by atoms with van der Waals surface area (Å²) in [7, 11) is 0. The van der Waals surface area contributed by atoms with Crippen LogP contribution in [0.5, 0.6) is 0 Å². The molecule has 0 saturated carbocycles. The smallest absolute Gasteiger partial charge is 0.0898 e. The number of unbranched alkanes of at least 4 members (excludes halogenated alkanes) is 1. The fourth-order valence-corrected chi connectivity index (χ4v) is 1.66. The molecule has 2 unspecified atom stereocenters. The highest BCUT2D eigenvalue weighted by molar-refractivity contribution is 4.76. The van der Waals surface area contributed by atoms with Gasteiger partial charge in [-0.15, -0.1) is 0 Å². The molecule has 0 aromatic rings. The number of aliphatic hydroxyl groups excluding tert-OH is 1. The van der Waals surface area contributed by atoms with E-state index in [0.29, 0.717) is 19.3 Å². The quantitative estimate of drug-likeness (QED) is 0.520. The number of β-amino-alcohol motifs (C(OH)–C–C–N with tert-alkyl or cyclic N) is 1. The van der Waals surface area contributed by atoms with Gasteiger partial charge < -0.3 is 15.2 Å². The molecule has 0 rings (SSSR count). The Morgan fingerprint density at radius 3 is 1.96 bits per heavy atom. The Balaban J connectivity index is -0.000000710. The van der Waals surface area contributed by atoms with Crippen LogP contribution in [0.2, 0.25) is 0 Å². The van der Waals surface area contributed by atoms with Crippen LogP contribution in [-0.2, 0) is 4.74 Å². The second-order valence-electron chi connectivity index (χ2n) is 6.49. The lowest BCUT2D eigenvalue weighted by Crippen LogP contribution is -2.44. The third kappa shape index (κ3) is 21.9. The van der Waals surface area contributed by atoms with Crippen LogP contribution in [0.4, 0.5) is 0 Å². The molecule has 0 aromatic carbocycles. The highest BCUT2D eigenvalue weighted by atomic mass is 16.5. The standard InChI is InChI=1S/C15H33NO2.C3H8.C2H6/c1-6-9-10-14(7-2)18-12-13(17)11-16-15(4,5)8-3;1-3-2;1-2/h13-14,16-17H,6-12H2,1-5H3;3H2,1-2H3;1-2H3. The number of hydrogen-bond acceptors (Lipinski definition) is 3. The lowest BCUT2D eigenvalue weighted by atomic mass is 10.0. The molecule has 0 aliphatic rings. The van der Waals surface area contributed by atoms with E-state index in [1.807, 2.05) is 13.8 Å². The highest BCUT2D eigenvalue weighted by Crippen LogP contribution is 2.10. The first-order chi connectivity index (χ1) is 10.9. The van der Waals surface area contributed by atoms with Crippen LogP contribution in [-0.4, -0.2) is 36.0 Å². The van der Waals surface area contributed by atoms with Crippen molar-refractivity contribution in [3.05, 3.63) is 0 Å². The molecule has 0 bridgehead atoms. The van der Waals surface area contributed by atoms with Gasteiger partial charge in [-0.3, -0.25) is 0 Å². The predicted molar refractivity (Wildman–Crippen MR) is 105 cm³/mol. The van der Waals surface area contributed by atoms with E-state index in [-0.39, 0.29) is 5.54 Å². The lowest BCUT2D eigenvalue weighted by Gasteiger charge is -2.27. The monoisotopic (exact) mass is 333 g/mol. The molecular formula is C20H47NO2. The normalized spacial score (nSPS) is 13.3. The minimum atomic E-state index is -0.411. The summed E-state index contributed by atoms with van der Waals surface area (Å²) >= 11 is 0. The first-order valence-corrected chi connectivity index (χ1v) is 9.91. The molecule has 0 aliphatic heterocycles. The van der Waals surface area contributed by atoms with Crippen LogP contribution in [0.3, 0.4) is 0 Å². The average Bonchev–Trinajstić information content (AvgIpc) is 2.56. The molecule has 0 aromatic heterocycles. The number of nitrogens with one attached hydrogen (secondary N) is 1. The molecule has 0 fully saturated rings. The molecule has 0 saturated heterocycles. The summed E-state index contributed by atoms with van der Waals surface area (Å²) in [5.41, 5.74) is 0.0906. The zero-order valence-electron chi connectivity index (χ0n) is 17.7. The van der Waals surface area contributed by atoms with Gasteiger partial charge in [-0.25, -0.2) is 0 Å². The molecule has 0 spiro atoms. The third-order valence-corrected chi connectivity index (χ3v) is 3.56. The van der Waals surface area contributed by atoms with Crippen molar-refractivity contribution in [3.8, 4) is 0 Å². The SMILES string of the molecule is CC.CCC.CCCCC(CC)OCC(O)CNC(C)(C)CC. The van der Waals surface area contributed by atoms with Crippen molar-refractivity contribution in [2.24, 2.45) is 0 Å². The molecule has 0 aliphatic carbocycles. The van der Waals surface area contributed by atoms with Gasteiger partial charge >= 0.3 is 0 Å². The second kappa shape index (κ2) is 19.9. The Morgan fingerprint density at radius 1 is 1.04 bits per heavy atom. The van der Waals surface area contributed by atoms with E-state index >= 15 is 0 Å². The Morgan fingerprint density at radius 2 is 1.57 bits per heavy atom. The van der Waals surface area contributed by atoms with Crippen LogP contribution in [0, 0.1) is 0 Å². The van der Waals surface area contributed by atoms with Crippen molar-refractivity contribution in [1.29, 1.82) is 0 Å². The summed E-state index contributed by atoms with van der Waals surface area (Å²) in [6.07, 6.45) is 6.73. The minimum Gasteiger partial charge on any atom is -0.389 e. The first-order valence-electron chi connectivity index (χ1n) is 9.91. The van der Waals surface area contributed by atoms with E-state index in [1.54, 1.807) is 0 Å². The van der Waals surface area contributed by atoms with Gasteiger partial charge in [0.2, 0.25) is 0 Å². The average molecular weight is 334 g/mol. The molecule has 0 heterocycles. The van der Waals surface area contributed by atoms with E-state index in [1.165, 1.54) is 19.3 Å². The molecule has 0 radical (unpaired) electrons. The highest BCUT2D eigenvalue weighted by Gasteiger charge is 2.16. The number of hydrogen-bond donors (Lipinski definition) is 2. The van der Waals surface area contributed by atoms with E-state index in [0.717, 1.165) is 19.3 Å². The van der Waals surface area contributed by atoms with Crippen molar-refractivity contribution in [2.75, 3.05) is 13.2 Å². The van der Waals surface area contributed by atoms with E-state index in [4.69, 9.17) is 4.74 Å². The van der Waals surface area contributed by atoms with Gasteiger partial charge in [0.15, 0.2) is 0 Å². The molecule has 2 N–H and O–H groups in total. The lowest BCUT2D eigenvalue weighted by molar-refractivity contribution is -0.0159. The summed E-state index contributed by atoms with van der Waals surface area (Å²) in [6, 6.07) is 0. The largest absolute Gasteiger partial charge is 0.389 e. The minimum absolute atomic E-state index is 0.0906. The van der Waals surface area contributed by atoms with E-state index in [9.17, 15) is 5.11 Å². The summed E-state index contributed by atoms with van der Waals surface area (Å²) in [4.78, 5) is 0. The van der Waals surface area contributed by atoms with Crippen LogP contribution < -0.4 is 5.32 Å². The van der Waals surface area contributed by atoms with Crippen molar-refractivity contribution < 1.29 is 9.84 Å². The summed E-state index contributed by atoms with van der Waals surface area (Å²) in [6.45, 7) is 20.1. The molecular weight excluding hydrogens is 286 g/mol. The number of ether oxygens (including phenoxy) is 1. The molecule has 23 heavy (non-hydrogen) atoms. The van der Waals surface area contributed by atoms with Gasteiger partial charge in [0.05, 0.1) is 18.8 Å². The number of rotatable bonds is 11. The van der Waals surface area contributed by atoms with Gasteiger partial charge in [-0.1, -0.05) is 67.7 Å². The van der Waals surface area contributed by atoms with Gasteiger partial charge in [-0.2, -0.15) is 0 Å². The Kier molecular flexibility index (Phi) is 24.0. The predicted octanol–water partition coefficient (Wildman–Crippen LogP) is 5.55. The zero-order chi connectivity index (χ0) is 18.7. The first kappa shape index (κ1) is 27.7. The Bertz CT molecular complexity index is 208. The maximum Gasteiger partial charge on any atom is 0.0898 e. The van der Waals surface area contributed by atoms with E-state index in [2.05, 4.69) is 53.8 Å². The molecule has 0 amide bonds. The summed E-state index contributed by atoms with van der Waals surface area (Å²) < 4.78 is 5.76. The molecule has 3 nitrogen and oxygen atoms in total. The van der Waals surface area contributed by atoms with Gasteiger partial charge in [0, 0.05) is 12.1 Å².